The second-order valence-corrected chi connectivity index (χ2v) is 6.60. The van der Waals surface area contributed by atoms with Crippen molar-refractivity contribution in [1.29, 1.82) is 5.26 Å². The van der Waals surface area contributed by atoms with Gasteiger partial charge in [0.15, 0.2) is 0 Å². The lowest BCUT2D eigenvalue weighted by molar-refractivity contribution is 0.00578. The van der Waals surface area contributed by atoms with Gasteiger partial charge in [0.25, 0.3) is 0 Å². The van der Waals surface area contributed by atoms with E-state index in [4.69, 9.17) is 14.6 Å². The number of nitrogens with zero attached hydrogens (tertiary/aromatic N) is 1. The maximum Gasteiger partial charge on any atom is 0.491 e. The molecule has 22 heavy (non-hydrogen) atoms. The van der Waals surface area contributed by atoms with Gasteiger partial charge < -0.3 is 9.31 Å². The normalized spacial score (nSPS) is 20.0. The number of nitriles is 1. The molecule has 3 nitrogen and oxygen atoms in total. The molecule has 6 heteroatoms. The molecule has 0 unspecified atom stereocenters. The zero-order valence-electron chi connectivity index (χ0n) is 13.2. The molecule has 0 aliphatic carbocycles. The van der Waals surface area contributed by atoms with Gasteiger partial charge in [-0.25, -0.2) is 4.39 Å². The summed E-state index contributed by atoms with van der Waals surface area (Å²) in [5.74, 6) is -0.173. The average molecular weight is 319 g/mol. The highest BCUT2D eigenvalue weighted by Crippen LogP contribution is 2.39. The molecule has 0 amide bonds. The minimum absolute atomic E-state index is 0.0150. The summed E-state index contributed by atoms with van der Waals surface area (Å²) in [6, 6.07) is 6.55. The van der Waals surface area contributed by atoms with Crippen molar-refractivity contribution in [2.24, 2.45) is 0 Å². The minimum atomic E-state index is -0.576. The van der Waals surface area contributed by atoms with Gasteiger partial charge >= 0.3 is 7.12 Å². The van der Waals surface area contributed by atoms with Gasteiger partial charge in [0.2, 0.25) is 0 Å². The maximum absolute atomic E-state index is 14.2. The van der Waals surface area contributed by atoms with Crippen molar-refractivity contribution in [1.82, 2.24) is 0 Å². The Labute approximate surface area is 136 Å². The van der Waals surface area contributed by atoms with E-state index in [-0.39, 0.29) is 5.56 Å². The smallest absolute Gasteiger partial charge is 0.400 e. The lowest BCUT2D eigenvalue weighted by Crippen LogP contribution is -2.41. The van der Waals surface area contributed by atoms with Crippen molar-refractivity contribution in [3.63, 3.8) is 0 Å². The van der Waals surface area contributed by atoms with Crippen LogP contribution in [0.2, 0.25) is 0 Å². The minimum Gasteiger partial charge on any atom is -0.400 e. The second kappa shape index (κ2) is 6.07. The van der Waals surface area contributed by atoms with E-state index in [0.717, 1.165) is 5.47 Å². The third-order valence-corrected chi connectivity index (χ3v) is 4.59. The zero-order chi connectivity index (χ0) is 16.5. The molecular formula is C16H19BFNO2S. The summed E-state index contributed by atoms with van der Waals surface area (Å²) in [4.78, 5) is 0. The van der Waals surface area contributed by atoms with Crippen LogP contribution in [-0.4, -0.2) is 24.1 Å². The fraction of sp³-hybridized carbons (Fsp3) is 0.438. The number of hydrogen-bond acceptors (Lipinski definition) is 4. The van der Waals surface area contributed by atoms with Gasteiger partial charge in [-0.05, 0) is 39.2 Å². The molecule has 1 fully saturated rings. The van der Waals surface area contributed by atoms with Crippen LogP contribution in [0.3, 0.4) is 0 Å². The molecule has 0 atom stereocenters. The number of thiol groups is 1. The molecular weight excluding hydrogens is 300 g/mol. The van der Waals surface area contributed by atoms with Gasteiger partial charge in [-0.3, -0.25) is 0 Å². The van der Waals surface area contributed by atoms with E-state index in [9.17, 15) is 4.39 Å². The van der Waals surface area contributed by atoms with Gasteiger partial charge in [-0.2, -0.15) is 17.9 Å². The molecule has 1 aromatic rings. The maximum atomic E-state index is 14.2. The van der Waals surface area contributed by atoms with Crippen LogP contribution in [0.25, 0.3) is 6.08 Å². The van der Waals surface area contributed by atoms with Crippen molar-refractivity contribution >= 4 is 25.8 Å². The number of halogens is 1. The van der Waals surface area contributed by atoms with E-state index >= 15 is 0 Å². The summed E-state index contributed by atoms with van der Waals surface area (Å²) in [5.41, 5.74) is 0.134. The topological polar surface area (TPSA) is 42.2 Å². The van der Waals surface area contributed by atoms with Crippen molar-refractivity contribution in [2.45, 2.75) is 38.9 Å². The molecule has 1 aliphatic rings. The van der Waals surface area contributed by atoms with E-state index in [2.05, 4.69) is 12.6 Å². The summed E-state index contributed by atoms with van der Waals surface area (Å²) < 4.78 is 26.1. The first-order chi connectivity index (χ1) is 10.2. The monoisotopic (exact) mass is 319 g/mol. The fourth-order valence-electron chi connectivity index (χ4n) is 2.13. The van der Waals surface area contributed by atoms with Crippen LogP contribution in [-0.2, 0) is 9.31 Å². The molecule has 1 heterocycles. The first-order valence-electron chi connectivity index (χ1n) is 7.07. The fourth-order valence-corrected chi connectivity index (χ4v) is 2.37. The Hall–Kier alpha value is -1.29. The van der Waals surface area contributed by atoms with E-state index in [0.29, 0.717) is 11.3 Å². The third-order valence-electron chi connectivity index (χ3n) is 4.23. The van der Waals surface area contributed by atoms with Crippen LogP contribution in [0.5, 0.6) is 0 Å². The molecule has 1 aliphatic heterocycles. The predicted molar refractivity (Wildman–Crippen MR) is 89.0 cm³/mol. The van der Waals surface area contributed by atoms with E-state index in [1.54, 1.807) is 18.2 Å². The molecule has 0 spiro atoms. The van der Waals surface area contributed by atoms with Crippen LogP contribution in [0.1, 0.15) is 38.8 Å². The number of benzene rings is 1. The highest BCUT2D eigenvalue weighted by Gasteiger charge is 2.52. The van der Waals surface area contributed by atoms with Crippen molar-refractivity contribution in [3.05, 3.63) is 40.6 Å². The van der Waals surface area contributed by atoms with Gasteiger partial charge in [0, 0.05) is 11.3 Å². The van der Waals surface area contributed by atoms with E-state index in [1.165, 1.54) is 6.07 Å². The molecule has 0 radical (unpaired) electrons. The molecule has 0 aromatic heterocycles. The van der Waals surface area contributed by atoms with Crippen molar-refractivity contribution < 1.29 is 13.7 Å². The summed E-state index contributed by atoms with van der Waals surface area (Å²) in [5, 5.41) is 8.91. The van der Waals surface area contributed by atoms with Crippen LogP contribution in [0.15, 0.2) is 23.7 Å². The molecule has 0 bridgehead atoms. The number of hydrogen-bond donors (Lipinski definition) is 1. The van der Waals surface area contributed by atoms with Crippen LogP contribution in [0, 0.1) is 17.1 Å². The lowest BCUT2D eigenvalue weighted by Gasteiger charge is -2.32. The molecule has 0 N–H and O–H groups in total. The SMILES string of the molecule is CC1(C)OB(C(=Cc2cccc(C#N)c2F)CS)OC1(C)C. The molecule has 2 rings (SSSR count). The van der Waals surface area contributed by atoms with Crippen molar-refractivity contribution in [3.8, 4) is 6.07 Å². The van der Waals surface area contributed by atoms with Crippen LogP contribution in [0.4, 0.5) is 4.39 Å². The Morgan fingerprint density at radius 2 is 1.91 bits per heavy atom. The second-order valence-electron chi connectivity index (χ2n) is 6.29. The Balaban J connectivity index is 2.37. The Morgan fingerprint density at radius 1 is 1.32 bits per heavy atom. The molecule has 0 saturated carbocycles. The predicted octanol–water partition coefficient (Wildman–Crippen LogP) is 3.64. The summed E-state index contributed by atoms with van der Waals surface area (Å²) in [6.07, 6.45) is 1.64. The lowest BCUT2D eigenvalue weighted by atomic mass is 9.78. The quantitative estimate of drug-likeness (QED) is 0.683. The van der Waals surface area contributed by atoms with Gasteiger partial charge in [0.05, 0.1) is 16.8 Å². The highest BCUT2D eigenvalue weighted by molar-refractivity contribution is 7.80. The standard InChI is InChI=1S/C16H19BFNO2S/c1-15(2)16(3,4)21-17(20-15)13(10-22)8-11-6-5-7-12(9-19)14(11)18/h5-8,22H,10H2,1-4H3. The first kappa shape index (κ1) is 17.1. The third kappa shape index (κ3) is 3.07. The van der Waals surface area contributed by atoms with Gasteiger partial charge in [0.1, 0.15) is 11.9 Å². The van der Waals surface area contributed by atoms with E-state index in [1.807, 2.05) is 33.8 Å². The summed E-state index contributed by atoms with van der Waals surface area (Å²) in [7, 11) is -0.576. The van der Waals surface area contributed by atoms with E-state index < -0.39 is 24.1 Å². The molecule has 1 saturated heterocycles. The Morgan fingerprint density at radius 3 is 2.41 bits per heavy atom. The van der Waals surface area contributed by atoms with Gasteiger partial charge in [-0.1, -0.05) is 18.2 Å². The summed E-state index contributed by atoms with van der Waals surface area (Å²) >= 11 is 4.30. The zero-order valence-corrected chi connectivity index (χ0v) is 14.1. The average Bonchev–Trinajstić information content (AvgIpc) is 2.66. The summed E-state index contributed by atoms with van der Waals surface area (Å²) in [6.45, 7) is 7.83. The van der Waals surface area contributed by atoms with Crippen molar-refractivity contribution in [2.75, 3.05) is 5.75 Å². The van der Waals surface area contributed by atoms with Crippen LogP contribution < -0.4 is 0 Å². The largest absolute Gasteiger partial charge is 0.491 e. The highest BCUT2D eigenvalue weighted by atomic mass is 32.1. The Kier molecular flexibility index (Phi) is 4.71. The Bertz CT molecular complexity index is 636. The first-order valence-corrected chi connectivity index (χ1v) is 7.70. The number of rotatable bonds is 3. The molecule has 116 valence electrons. The van der Waals surface area contributed by atoms with Crippen LogP contribution >= 0.6 is 12.6 Å². The van der Waals surface area contributed by atoms with Gasteiger partial charge in [-0.15, -0.1) is 0 Å². The molecule has 1 aromatic carbocycles.